The van der Waals surface area contributed by atoms with Gasteiger partial charge >= 0.3 is 0 Å². The Morgan fingerprint density at radius 3 is 1.29 bits per heavy atom. The normalized spacial score (nSPS) is 12.3. The molecule has 0 N–H and O–H groups in total. The molecule has 0 saturated carbocycles. The first-order valence-corrected chi connectivity index (χ1v) is 5.77. The van der Waals surface area contributed by atoms with Crippen molar-refractivity contribution in [3.05, 3.63) is 11.5 Å². The molecule has 84 valence electrons. The number of ether oxygens (including phenoxy) is 2. The second-order valence-corrected chi connectivity index (χ2v) is 3.21. The third kappa shape index (κ3) is 5.15. The molecule has 0 aromatic carbocycles. The Bertz CT molecular complexity index is 128. The minimum absolute atomic E-state index is 0.732. The first-order chi connectivity index (χ1) is 6.79. The van der Waals surface area contributed by atoms with E-state index in [1.165, 1.54) is 0 Å². The van der Waals surface area contributed by atoms with Crippen LogP contribution in [0.15, 0.2) is 11.5 Å². The van der Waals surface area contributed by atoms with Crippen LogP contribution < -0.4 is 0 Å². The smallest absolute Gasteiger partial charge is 0.133 e. The second kappa shape index (κ2) is 8.92. The zero-order chi connectivity index (χ0) is 10.8. The maximum absolute atomic E-state index is 5.60. The van der Waals surface area contributed by atoms with Gasteiger partial charge in [-0.25, -0.2) is 0 Å². The summed E-state index contributed by atoms with van der Waals surface area (Å²) in [6.45, 7) is 9.82. The fourth-order valence-electron chi connectivity index (χ4n) is 1.39. The molecular weight excluding hydrogens is 176 g/mol. The van der Waals surface area contributed by atoms with Crippen LogP contribution >= 0.6 is 0 Å². The summed E-state index contributed by atoms with van der Waals surface area (Å²) in [6, 6.07) is 0. The van der Waals surface area contributed by atoms with Crippen molar-refractivity contribution in [2.24, 2.45) is 0 Å². The van der Waals surface area contributed by atoms with Crippen LogP contribution in [0.5, 0.6) is 0 Å². The van der Waals surface area contributed by atoms with Gasteiger partial charge < -0.3 is 9.47 Å². The van der Waals surface area contributed by atoms with Gasteiger partial charge in [0, 0.05) is 12.8 Å². The van der Waals surface area contributed by atoms with Gasteiger partial charge in [-0.2, -0.15) is 0 Å². The van der Waals surface area contributed by atoms with E-state index < -0.39 is 0 Å². The van der Waals surface area contributed by atoms with Gasteiger partial charge in [-0.15, -0.1) is 0 Å². The van der Waals surface area contributed by atoms with Gasteiger partial charge in [0.05, 0.1) is 13.2 Å². The van der Waals surface area contributed by atoms with Gasteiger partial charge in [-0.05, 0) is 26.7 Å². The maximum atomic E-state index is 5.60. The zero-order valence-corrected chi connectivity index (χ0v) is 10.1. The van der Waals surface area contributed by atoms with E-state index in [9.17, 15) is 0 Å². The van der Waals surface area contributed by atoms with Crippen LogP contribution in [0.1, 0.15) is 53.4 Å². The molecule has 0 fully saturated rings. The topological polar surface area (TPSA) is 18.5 Å². The summed E-state index contributed by atoms with van der Waals surface area (Å²) < 4.78 is 11.2. The Labute approximate surface area is 88.3 Å². The zero-order valence-electron chi connectivity index (χ0n) is 10.1. The molecule has 0 atom stereocenters. The SMILES string of the molecule is CCCC(OCC)=C(CCC)OCC. The Balaban J connectivity index is 4.45. The minimum atomic E-state index is 0.732. The van der Waals surface area contributed by atoms with Crippen molar-refractivity contribution in [3.63, 3.8) is 0 Å². The van der Waals surface area contributed by atoms with Crippen LogP contribution in [-0.4, -0.2) is 13.2 Å². The number of hydrogen-bond donors (Lipinski definition) is 0. The summed E-state index contributed by atoms with van der Waals surface area (Å²) >= 11 is 0. The molecule has 0 aromatic rings. The molecule has 0 unspecified atom stereocenters. The summed E-state index contributed by atoms with van der Waals surface area (Å²) in [5.41, 5.74) is 0. The molecule has 0 aliphatic heterocycles. The molecule has 0 aliphatic carbocycles. The number of rotatable bonds is 8. The Hall–Kier alpha value is -0.660. The van der Waals surface area contributed by atoms with E-state index in [-0.39, 0.29) is 0 Å². The van der Waals surface area contributed by atoms with Gasteiger partial charge in [-0.1, -0.05) is 13.8 Å². The van der Waals surface area contributed by atoms with E-state index >= 15 is 0 Å². The molecule has 0 amide bonds. The average molecular weight is 200 g/mol. The highest BCUT2D eigenvalue weighted by Crippen LogP contribution is 2.18. The summed E-state index contributed by atoms with van der Waals surface area (Å²) in [5.74, 6) is 2.11. The molecule has 14 heavy (non-hydrogen) atoms. The fraction of sp³-hybridized carbons (Fsp3) is 0.833. The molecule has 0 aliphatic rings. The van der Waals surface area contributed by atoms with E-state index in [2.05, 4.69) is 13.8 Å². The van der Waals surface area contributed by atoms with Crippen molar-refractivity contribution in [3.8, 4) is 0 Å². The molecule has 0 heterocycles. The Morgan fingerprint density at radius 2 is 1.07 bits per heavy atom. The van der Waals surface area contributed by atoms with Crippen LogP contribution in [-0.2, 0) is 9.47 Å². The van der Waals surface area contributed by atoms with E-state index in [1.54, 1.807) is 0 Å². The van der Waals surface area contributed by atoms with Gasteiger partial charge in [0.1, 0.15) is 11.5 Å². The molecule has 0 spiro atoms. The minimum Gasteiger partial charge on any atom is -0.495 e. The Morgan fingerprint density at radius 1 is 0.714 bits per heavy atom. The van der Waals surface area contributed by atoms with Crippen molar-refractivity contribution in [1.29, 1.82) is 0 Å². The largest absolute Gasteiger partial charge is 0.495 e. The van der Waals surface area contributed by atoms with Gasteiger partial charge in [-0.3, -0.25) is 0 Å². The monoisotopic (exact) mass is 200 g/mol. The predicted octanol–water partition coefficient (Wildman–Crippen LogP) is 3.87. The first kappa shape index (κ1) is 13.3. The average Bonchev–Trinajstić information content (AvgIpc) is 2.17. The molecule has 0 rings (SSSR count). The van der Waals surface area contributed by atoms with Crippen molar-refractivity contribution in [2.75, 3.05) is 13.2 Å². The fourth-order valence-corrected chi connectivity index (χ4v) is 1.39. The van der Waals surface area contributed by atoms with Crippen molar-refractivity contribution in [1.82, 2.24) is 0 Å². The van der Waals surface area contributed by atoms with E-state index in [1.807, 2.05) is 13.8 Å². The summed E-state index contributed by atoms with van der Waals surface area (Å²) in [7, 11) is 0. The van der Waals surface area contributed by atoms with Crippen LogP contribution in [0.2, 0.25) is 0 Å². The standard InChI is InChI=1S/C12H24O2/c1-5-9-11(13-7-3)12(10-6-2)14-8-4/h5-10H2,1-4H3. The molecular formula is C12H24O2. The van der Waals surface area contributed by atoms with Gasteiger partial charge in [0.25, 0.3) is 0 Å². The van der Waals surface area contributed by atoms with Crippen molar-refractivity contribution >= 4 is 0 Å². The highest BCUT2D eigenvalue weighted by Gasteiger charge is 2.07. The lowest BCUT2D eigenvalue weighted by Gasteiger charge is -2.15. The van der Waals surface area contributed by atoms with E-state index in [4.69, 9.17) is 9.47 Å². The lowest BCUT2D eigenvalue weighted by Crippen LogP contribution is -2.02. The number of allylic oxidation sites excluding steroid dienone is 2. The summed E-state index contributed by atoms with van der Waals surface area (Å²) in [4.78, 5) is 0. The Kier molecular flexibility index (Phi) is 8.50. The maximum Gasteiger partial charge on any atom is 0.133 e. The van der Waals surface area contributed by atoms with Gasteiger partial charge in [0.15, 0.2) is 0 Å². The molecule has 0 bridgehead atoms. The van der Waals surface area contributed by atoms with E-state index in [0.717, 1.165) is 50.4 Å². The van der Waals surface area contributed by atoms with Gasteiger partial charge in [0.2, 0.25) is 0 Å². The lowest BCUT2D eigenvalue weighted by atomic mass is 10.2. The molecule has 0 saturated heterocycles. The molecule has 0 aromatic heterocycles. The molecule has 2 nitrogen and oxygen atoms in total. The molecule has 2 heteroatoms. The predicted molar refractivity (Wildman–Crippen MR) is 60.1 cm³/mol. The highest BCUT2D eigenvalue weighted by atomic mass is 16.5. The quantitative estimate of drug-likeness (QED) is 0.554. The first-order valence-electron chi connectivity index (χ1n) is 5.77. The van der Waals surface area contributed by atoms with Crippen molar-refractivity contribution in [2.45, 2.75) is 53.4 Å². The second-order valence-electron chi connectivity index (χ2n) is 3.21. The number of hydrogen-bond acceptors (Lipinski definition) is 2. The van der Waals surface area contributed by atoms with Crippen LogP contribution in [0.25, 0.3) is 0 Å². The third-order valence-corrected chi connectivity index (χ3v) is 1.90. The molecule has 0 radical (unpaired) electrons. The van der Waals surface area contributed by atoms with E-state index in [0.29, 0.717) is 0 Å². The summed E-state index contributed by atoms with van der Waals surface area (Å²) in [6.07, 6.45) is 4.19. The van der Waals surface area contributed by atoms with Crippen LogP contribution in [0.4, 0.5) is 0 Å². The van der Waals surface area contributed by atoms with Crippen LogP contribution in [0, 0.1) is 0 Å². The summed E-state index contributed by atoms with van der Waals surface area (Å²) in [5, 5.41) is 0. The highest BCUT2D eigenvalue weighted by molar-refractivity contribution is 5.01. The third-order valence-electron chi connectivity index (χ3n) is 1.90. The van der Waals surface area contributed by atoms with Crippen LogP contribution in [0.3, 0.4) is 0 Å². The van der Waals surface area contributed by atoms with Crippen molar-refractivity contribution < 1.29 is 9.47 Å². The lowest BCUT2D eigenvalue weighted by molar-refractivity contribution is 0.152.